The Labute approximate surface area is 75.1 Å². The van der Waals surface area contributed by atoms with Gasteiger partial charge in [0.15, 0.2) is 0 Å². The van der Waals surface area contributed by atoms with Crippen molar-refractivity contribution in [3.63, 3.8) is 0 Å². The highest BCUT2D eigenvalue weighted by atomic mass is 79.9. The summed E-state index contributed by atoms with van der Waals surface area (Å²) in [6, 6.07) is 0. The highest BCUT2D eigenvalue weighted by Crippen LogP contribution is 2.30. The molecule has 0 atom stereocenters. The fourth-order valence-corrected chi connectivity index (χ4v) is 0.456. The second kappa shape index (κ2) is 3.72. The minimum Gasteiger partial charge on any atom is -0.325 e. The molecule has 0 saturated carbocycles. The maximum absolute atomic E-state index is 5.92. The zero-order valence-electron chi connectivity index (χ0n) is 7.69. The first-order valence-electron chi connectivity index (χ1n) is 3.60. The van der Waals surface area contributed by atoms with E-state index in [1.807, 2.05) is 0 Å². The molecule has 0 spiro atoms. The molecule has 2 heteroatoms. The Morgan fingerprint density at radius 1 is 1.10 bits per heavy atom. The minimum atomic E-state index is -0.0538. The van der Waals surface area contributed by atoms with Crippen molar-refractivity contribution in [1.29, 1.82) is 0 Å². The van der Waals surface area contributed by atoms with Gasteiger partial charge in [0.25, 0.3) is 0 Å². The molecule has 64 valence electrons. The van der Waals surface area contributed by atoms with Crippen molar-refractivity contribution in [3.05, 3.63) is 0 Å². The third kappa shape index (κ3) is 3.02. The zero-order chi connectivity index (χ0) is 7.71. The molecule has 0 fully saturated rings. The Balaban J connectivity index is 0. The van der Waals surface area contributed by atoms with Crippen LogP contribution in [0.5, 0.6) is 0 Å². The summed E-state index contributed by atoms with van der Waals surface area (Å²) in [5, 5.41) is 0. The van der Waals surface area contributed by atoms with Crippen LogP contribution in [-0.2, 0) is 0 Å². The molecule has 1 nitrogen and oxygen atoms in total. The van der Waals surface area contributed by atoms with Gasteiger partial charge in [-0.2, -0.15) is 0 Å². The minimum absolute atomic E-state index is 0. The largest absolute Gasteiger partial charge is 0.325 e. The molecule has 0 radical (unpaired) electrons. The average molecular weight is 210 g/mol. The molecule has 10 heavy (non-hydrogen) atoms. The monoisotopic (exact) mass is 209 g/mol. The van der Waals surface area contributed by atoms with Crippen molar-refractivity contribution in [3.8, 4) is 0 Å². The first kappa shape index (κ1) is 13.1. The van der Waals surface area contributed by atoms with Crippen LogP contribution < -0.4 is 5.73 Å². The Bertz CT molecular complexity index is 91.9. The molecule has 0 unspecified atom stereocenters. The Morgan fingerprint density at radius 3 is 1.40 bits per heavy atom. The standard InChI is InChI=1S/C8H19N.BrH/c1-6-7(2,3)8(4,5)9;/h6,9H2,1-5H3;1H. The van der Waals surface area contributed by atoms with E-state index >= 15 is 0 Å². The molecular weight excluding hydrogens is 190 g/mol. The van der Waals surface area contributed by atoms with Gasteiger partial charge in [-0.1, -0.05) is 20.8 Å². The van der Waals surface area contributed by atoms with Gasteiger partial charge in [0.1, 0.15) is 0 Å². The number of halogens is 1. The number of nitrogens with two attached hydrogens (primary N) is 1. The van der Waals surface area contributed by atoms with E-state index in [4.69, 9.17) is 5.73 Å². The van der Waals surface area contributed by atoms with Crippen LogP contribution in [0.4, 0.5) is 0 Å². The van der Waals surface area contributed by atoms with E-state index in [0.717, 1.165) is 6.42 Å². The molecule has 0 aromatic rings. The Hall–Kier alpha value is 0.440. The summed E-state index contributed by atoms with van der Waals surface area (Å²) in [5.74, 6) is 0. The SMILES string of the molecule is Br.CCC(C)(C)C(C)(C)N. The lowest BCUT2D eigenvalue weighted by molar-refractivity contribution is 0.194. The van der Waals surface area contributed by atoms with E-state index in [-0.39, 0.29) is 27.9 Å². The average Bonchev–Trinajstić information content (AvgIpc) is 1.64. The van der Waals surface area contributed by atoms with Crippen molar-refractivity contribution in [1.82, 2.24) is 0 Å². The molecular formula is C8H20BrN. The fraction of sp³-hybridized carbons (Fsp3) is 1.00. The van der Waals surface area contributed by atoms with E-state index in [2.05, 4.69) is 34.6 Å². The highest BCUT2D eigenvalue weighted by Gasteiger charge is 2.30. The summed E-state index contributed by atoms with van der Waals surface area (Å²) in [4.78, 5) is 0. The summed E-state index contributed by atoms with van der Waals surface area (Å²) in [7, 11) is 0. The van der Waals surface area contributed by atoms with Gasteiger partial charge in [0.2, 0.25) is 0 Å². The lowest BCUT2D eigenvalue weighted by Gasteiger charge is -2.37. The summed E-state index contributed by atoms with van der Waals surface area (Å²) < 4.78 is 0. The lowest BCUT2D eigenvalue weighted by Crippen LogP contribution is -2.46. The van der Waals surface area contributed by atoms with Gasteiger partial charge in [0, 0.05) is 5.54 Å². The molecule has 0 bridgehead atoms. The van der Waals surface area contributed by atoms with Gasteiger partial charge in [-0.15, -0.1) is 17.0 Å². The smallest absolute Gasteiger partial charge is 0.0148 e. The predicted molar refractivity (Wildman–Crippen MR) is 52.7 cm³/mol. The Kier molecular flexibility index (Phi) is 4.86. The number of hydrogen-bond donors (Lipinski definition) is 1. The van der Waals surface area contributed by atoms with Gasteiger partial charge >= 0.3 is 0 Å². The summed E-state index contributed by atoms with van der Waals surface area (Å²) in [6.45, 7) is 10.7. The van der Waals surface area contributed by atoms with Crippen LogP contribution in [0.1, 0.15) is 41.0 Å². The summed E-state index contributed by atoms with van der Waals surface area (Å²) >= 11 is 0. The van der Waals surface area contributed by atoms with E-state index in [1.54, 1.807) is 0 Å². The van der Waals surface area contributed by atoms with Gasteiger partial charge in [-0.3, -0.25) is 0 Å². The maximum atomic E-state index is 5.92. The van der Waals surface area contributed by atoms with Crippen LogP contribution in [-0.4, -0.2) is 5.54 Å². The molecule has 0 saturated heterocycles. The second-order valence-electron chi connectivity index (χ2n) is 3.96. The normalized spacial score (nSPS) is 12.6. The molecule has 0 heterocycles. The predicted octanol–water partition coefficient (Wildman–Crippen LogP) is 2.74. The first-order chi connectivity index (χ1) is 3.81. The van der Waals surface area contributed by atoms with Crippen molar-refractivity contribution >= 4 is 17.0 Å². The quantitative estimate of drug-likeness (QED) is 0.745. The molecule has 0 amide bonds. The van der Waals surface area contributed by atoms with Gasteiger partial charge < -0.3 is 5.73 Å². The van der Waals surface area contributed by atoms with Crippen molar-refractivity contribution in [2.45, 2.75) is 46.6 Å². The van der Waals surface area contributed by atoms with Crippen LogP contribution in [0.2, 0.25) is 0 Å². The molecule has 0 rings (SSSR count). The van der Waals surface area contributed by atoms with E-state index in [9.17, 15) is 0 Å². The molecule has 0 aliphatic carbocycles. The Morgan fingerprint density at radius 2 is 1.40 bits per heavy atom. The first-order valence-corrected chi connectivity index (χ1v) is 3.60. The van der Waals surface area contributed by atoms with Crippen LogP contribution in [0.3, 0.4) is 0 Å². The van der Waals surface area contributed by atoms with Crippen molar-refractivity contribution in [2.24, 2.45) is 11.1 Å². The fourth-order valence-electron chi connectivity index (χ4n) is 0.456. The molecule has 0 aromatic carbocycles. The lowest BCUT2D eigenvalue weighted by atomic mass is 9.73. The third-order valence-electron chi connectivity index (χ3n) is 2.63. The van der Waals surface area contributed by atoms with Crippen molar-refractivity contribution in [2.75, 3.05) is 0 Å². The van der Waals surface area contributed by atoms with Gasteiger partial charge in [-0.25, -0.2) is 0 Å². The zero-order valence-corrected chi connectivity index (χ0v) is 9.41. The van der Waals surface area contributed by atoms with Crippen molar-refractivity contribution < 1.29 is 0 Å². The molecule has 2 N–H and O–H groups in total. The van der Waals surface area contributed by atoms with E-state index in [0.29, 0.717) is 0 Å². The topological polar surface area (TPSA) is 26.0 Å². The van der Waals surface area contributed by atoms with E-state index in [1.165, 1.54) is 0 Å². The highest BCUT2D eigenvalue weighted by molar-refractivity contribution is 8.93. The van der Waals surface area contributed by atoms with Crippen LogP contribution in [0.25, 0.3) is 0 Å². The summed E-state index contributed by atoms with van der Waals surface area (Å²) in [5.41, 5.74) is 6.13. The summed E-state index contributed by atoms with van der Waals surface area (Å²) in [6.07, 6.45) is 1.14. The number of hydrogen-bond acceptors (Lipinski definition) is 1. The van der Waals surface area contributed by atoms with Gasteiger partial charge in [0.05, 0.1) is 0 Å². The van der Waals surface area contributed by atoms with Crippen LogP contribution >= 0.6 is 17.0 Å². The maximum Gasteiger partial charge on any atom is 0.0148 e. The van der Waals surface area contributed by atoms with Gasteiger partial charge in [-0.05, 0) is 25.7 Å². The van der Waals surface area contributed by atoms with E-state index < -0.39 is 0 Å². The third-order valence-corrected chi connectivity index (χ3v) is 2.63. The second-order valence-corrected chi connectivity index (χ2v) is 3.96. The van der Waals surface area contributed by atoms with Crippen LogP contribution in [0, 0.1) is 5.41 Å². The van der Waals surface area contributed by atoms with Crippen LogP contribution in [0.15, 0.2) is 0 Å². The molecule has 0 aliphatic rings. The molecule has 0 aliphatic heterocycles. The molecule has 0 aromatic heterocycles. The number of rotatable bonds is 2.